The molecule has 3 heterocycles. The molecule has 0 bridgehead atoms. The van der Waals surface area contributed by atoms with Crippen molar-refractivity contribution in [3.63, 3.8) is 0 Å². The van der Waals surface area contributed by atoms with E-state index in [1.807, 2.05) is 4.57 Å². The standard InChI is InChI=1S/C18H27ClN5O5P/c1-18(9-25,30(26)27)28-8-12-6-7-13(29-12)24-10-20-14-15(21-11-4-2-3-5-11)22-17(19)23-16(14)24/h10-13,25-27H,2-9H2,1H3,(H,21,22,23). The first-order valence-corrected chi connectivity index (χ1v) is 11.8. The van der Waals surface area contributed by atoms with Gasteiger partial charge >= 0.3 is 0 Å². The van der Waals surface area contributed by atoms with Crippen molar-refractivity contribution in [3.05, 3.63) is 11.6 Å². The van der Waals surface area contributed by atoms with Crippen LogP contribution in [-0.2, 0) is 9.47 Å². The zero-order valence-corrected chi connectivity index (χ0v) is 18.4. The number of rotatable bonds is 8. The molecular weight excluding hydrogens is 433 g/mol. The molecule has 0 amide bonds. The maximum atomic E-state index is 9.47. The number of fused-ring (bicyclic) bond motifs is 1. The number of hydrogen-bond acceptors (Lipinski definition) is 9. The van der Waals surface area contributed by atoms with E-state index in [1.54, 1.807) is 6.33 Å². The van der Waals surface area contributed by atoms with Gasteiger partial charge in [0.15, 0.2) is 22.3 Å². The SMILES string of the molecule is CC(CO)(OCC1CCC(n2cnc3c(NC4CCCC4)nc(Cl)nc32)O1)P(O)O. The zero-order chi connectivity index (χ0) is 21.3. The van der Waals surface area contributed by atoms with Crippen molar-refractivity contribution >= 4 is 37.0 Å². The number of nitrogens with zero attached hydrogens (tertiary/aromatic N) is 4. The van der Waals surface area contributed by atoms with E-state index in [4.69, 9.17) is 21.1 Å². The molecule has 0 radical (unpaired) electrons. The first kappa shape index (κ1) is 22.1. The molecule has 166 valence electrons. The van der Waals surface area contributed by atoms with Crippen LogP contribution in [0.25, 0.3) is 11.2 Å². The van der Waals surface area contributed by atoms with Crippen molar-refractivity contribution in [2.45, 2.75) is 69.2 Å². The fraction of sp³-hybridized carbons (Fsp3) is 0.722. The number of aliphatic hydroxyl groups excluding tert-OH is 1. The van der Waals surface area contributed by atoms with Crippen LogP contribution in [0.5, 0.6) is 0 Å². The van der Waals surface area contributed by atoms with Crippen molar-refractivity contribution in [1.82, 2.24) is 19.5 Å². The molecule has 12 heteroatoms. The molecule has 1 aliphatic heterocycles. The summed E-state index contributed by atoms with van der Waals surface area (Å²) in [6.45, 7) is 1.12. The minimum absolute atomic E-state index is 0.143. The summed E-state index contributed by atoms with van der Waals surface area (Å²) < 4.78 is 13.5. The largest absolute Gasteiger partial charge is 0.393 e. The summed E-state index contributed by atoms with van der Waals surface area (Å²) >= 11 is 6.19. The lowest BCUT2D eigenvalue weighted by Gasteiger charge is -2.29. The Morgan fingerprint density at radius 2 is 2.07 bits per heavy atom. The monoisotopic (exact) mass is 459 g/mol. The van der Waals surface area contributed by atoms with E-state index < -0.39 is 20.3 Å². The van der Waals surface area contributed by atoms with E-state index in [9.17, 15) is 14.9 Å². The molecule has 1 saturated carbocycles. The second kappa shape index (κ2) is 9.16. The zero-order valence-electron chi connectivity index (χ0n) is 16.7. The minimum atomic E-state index is -2.43. The molecule has 4 rings (SSSR count). The third kappa shape index (κ3) is 4.55. The summed E-state index contributed by atoms with van der Waals surface area (Å²) in [5, 5.41) is 11.6. The van der Waals surface area contributed by atoms with Crippen LogP contribution in [0.1, 0.15) is 51.7 Å². The predicted octanol–water partition coefficient (Wildman–Crippen LogP) is 2.53. The van der Waals surface area contributed by atoms with Crippen molar-refractivity contribution in [2.24, 2.45) is 0 Å². The summed E-state index contributed by atoms with van der Waals surface area (Å²) in [4.78, 5) is 32.1. The molecule has 10 nitrogen and oxygen atoms in total. The van der Waals surface area contributed by atoms with Gasteiger partial charge in [-0.05, 0) is 44.2 Å². The maximum absolute atomic E-state index is 9.47. The molecule has 3 unspecified atom stereocenters. The predicted molar refractivity (Wildman–Crippen MR) is 112 cm³/mol. The molecule has 4 N–H and O–H groups in total. The number of aromatic nitrogens is 4. The first-order chi connectivity index (χ1) is 14.4. The van der Waals surface area contributed by atoms with Crippen molar-refractivity contribution in [3.8, 4) is 0 Å². The van der Waals surface area contributed by atoms with Gasteiger partial charge in [-0.15, -0.1) is 0 Å². The van der Waals surface area contributed by atoms with Gasteiger partial charge < -0.3 is 29.7 Å². The molecule has 0 aromatic carbocycles. The minimum Gasteiger partial charge on any atom is -0.393 e. The van der Waals surface area contributed by atoms with Crippen LogP contribution < -0.4 is 5.32 Å². The highest BCUT2D eigenvalue weighted by Gasteiger charge is 2.36. The van der Waals surface area contributed by atoms with Gasteiger partial charge in [0, 0.05) is 6.04 Å². The van der Waals surface area contributed by atoms with Gasteiger partial charge in [0.25, 0.3) is 0 Å². The lowest BCUT2D eigenvalue weighted by atomic mass is 10.2. The smallest absolute Gasteiger partial charge is 0.226 e. The Morgan fingerprint density at radius 3 is 2.77 bits per heavy atom. The van der Waals surface area contributed by atoms with Crippen molar-refractivity contribution < 1.29 is 24.4 Å². The van der Waals surface area contributed by atoms with E-state index in [1.165, 1.54) is 19.8 Å². The Morgan fingerprint density at radius 1 is 1.30 bits per heavy atom. The van der Waals surface area contributed by atoms with Gasteiger partial charge in [0.1, 0.15) is 6.23 Å². The Labute approximate surface area is 180 Å². The molecule has 2 fully saturated rings. The number of imidazole rings is 1. The quantitative estimate of drug-likeness (QED) is 0.347. The highest BCUT2D eigenvalue weighted by Crippen LogP contribution is 2.43. The summed E-state index contributed by atoms with van der Waals surface area (Å²) in [5.74, 6) is 0.645. The number of aliphatic hydroxyl groups is 1. The second-order valence-corrected chi connectivity index (χ2v) is 9.88. The lowest BCUT2D eigenvalue weighted by Crippen LogP contribution is -2.34. The fourth-order valence-corrected chi connectivity index (χ4v) is 4.40. The number of nitrogens with one attached hydrogen (secondary N) is 1. The Balaban J connectivity index is 1.47. The summed E-state index contributed by atoms with van der Waals surface area (Å²) in [6, 6.07) is 0.373. The van der Waals surface area contributed by atoms with Crippen LogP contribution in [0.3, 0.4) is 0 Å². The molecule has 1 saturated heterocycles. The van der Waals surface area contributed by atoms with Gasteiger partial charge in [0.05, 0.1) is 25.6 Å². The number of anilines is 1. The maximum Gasteiger partial charge on any atom is 0.226 e. The van der Waals surface area contributed by atoms with Crippen LogP contribution >= 0.6 is 20.0 Å². The number of halogens is 1. The van der Waals surface area contributed by atoms with Gasteiger partial charge in [-0.1, -0.05) is 12.8 Å². The van der Waals surface area contributed by atoms with Gasteiger partial charge in [-0.25, -0.2) is 4.98 Å². The molecule has 30 heavy (non-hydrogen) atoms. The molecule has 2 aliphatic rings. The van der Waals surface area contributed by atoms with Crippen LogP contribution in [0.2, 0.25) is 5.28 Å². The molecule has 2 aromatic rings. The Hall–Kier alpha value is -1.13. The highest BCUT2D eigenvalue weighted by atomic mass is 35.5. The molecular formula is C18H27ClN5O5P. The average Bonchev–Trinajstić information content (AvgIpc) is 3.46. The van der Waals surface area contributed by atoms with E-state index >= 15 is 0 Å². The molecule has 1 aliphatic carbocycles. The van der Waals surface area contributed by atoms with Crippen LogP contribution in [0.15, 0.2) is 6.33 Å². The summed E-state index contributed by atoms with van der Waals surface area (Å²) in [7, 11) is -2.43. The lowest BCUT2D eigenvalue weighted by molar-refractivity contribution is -0.0830. The molecule has 0 spiro atoms. The Bertz CT molecular complexity index is 880. The number of ether oxygens (including phenoxy) is 2. The van der Waals surface area contributed by atoms with Crippen LogP contribution in [0.4, 0.5) is 5.82 Å². The van der Waals surface area contributed by atoms with E-state index in [0.29, 0.717) is 29.4 Å². The fourth-order valence-electron chi connectivity index (χ4n) is 3.92. The summed E-state index contributed by atoms with van der Waals surface area (Å²) in [5.41, 5.74) is 1.27. The third-order valence-corrected chi connectivity index (χ3v) is 7.07. The first-order valence-electron chi connectivity index (χ1n) is 10.1. The topological polar surface area (TPSA) is 135 Å². The average molecular weight is 460 g/mol. The van der Waals surface area contributed by atoms with Gasteiger partial charge in [-0.3, -0.25) is 4.57 Å². The van der Waals surface area contributed by atoms with Gasteiger partial charge in [-0.2, -0.15) is 9.97 Å². The normalized spacial score (nSPS) is 24.7. The molecule has 3 atom stereocenters. The number of hydrogen-bond donors (Lipinski definition) is 4. The Kier molecular flexibility index (Phi) is 6.74. The van der Waals surface area contributed by atoms with Crippen molar-refractivity contribution in [2.75, 3.05) is 18.5 Å². The van der Waals surface area contributed by atoms with Crippen molar-refractivity contribution in [1.29, 1.82) is 0 Å². The molecule has 2 aromatic heterocycles. The van der Waals surface area contributed by atoms with E-state index in [2.05, 4.69) is 20.3 Å². The van der Waals surface area contributed by atoms with Crippen LogP contribution in [0, 0.1) is 0 Å². The van der Waals surface area contributed by atoms with E-state index in [-0.39, 0.29) is 24.2 Å². The second-order valence-electron chi connectivity index (χ2n) is 8.01. The van der Waals surface area contributed by atoms with Gasteiger partial charge in [0.2, 0.25) is 13.7 Å². The highest BCUT2D eigenvalue weighted by molar-refractivity contribution is 7.46. The third-order valence-electron chi connectivity index (χ3n) is 5.78. The van der Waals surface area contributed by atoms with E-state index in [0.717, 1.165) is 19.3 Å². The summed E-state index contributed by atoms with van der Waals surface area (Å²) in [6.07, 6.45) is 7.20. The van der Waals surface area contributed by atoms with Crippen LogP contribution in [-0.4, -0.2) is 65.1 Å².